The van der Waals surface area contributed by atoms with Crippen LogP contribution in [-0.2, 0) is 11.2 Å². The molecule has 1 aromatic heterocycles. The van der Waals surface area contributed by atoms with Crippen molar-refractivity contribution in [1.29, 1.82) is 0 Å². The largest absolute Gasteiger partial charge is 0.341 e. The summed E-state index contributed by atoms with van der Waals surface area (Å²) in [5.74, 6) is -0.313. The van der Waals surface area contributed by atoms with Gasteiger partial charge in [-0.25, -0.2) is 0 Å². The summed E-state index contributed by atoms with van der Waals surface area (Å²) in [6, 6.07) is 12.2. The smallest absolute Gasteiger partial charge is 0.251 e. The number of hydrogen-bond acceptors (Lipinski definition) is 4. The van der Waals surface area contributed by atoms with Gasteiger partial charge in [-0.1, -0.05) is 24.3 Å². The van der Waals surface area contributed by atoms with E-state index in [1.807, 2.05) is 18.2 Å². The number of rotatable bonds is 5. The van der Waals surface area contributed by atoms with Gasteiger partial charge >= 0.3 is 0 Å². The lowest BCUT2D eigenvalue weighted by Crippen LogP contribution is -2.52. The standard InChI is InChI=1S/C20H24N4O2/c21-17-8-11-24(12-9-17)20(26)18(13-15-5-4-10-22-14-15)23-19(25)16-6-2-1-3-7-16/h1-7,10,14,17-18H,8-9,11-13,21H2,(H,23,25). The average Bonchev–Trinajstić information content (AvgIpc) is 2.69. The van der Waals surface area contributed by atoms with Crippen molar-refractivity contribution in [3.63, 3.8) is 0 Å². The fourth-order valence-corrected chi connectivity index (χ4v) is 3.13. The van der Waals surface area contributed by atoms with E-state index in [2.05, 4.69) is 10.3 Å². The van der Waals surface area contributed by atoms with Gasteiger partial charge in [0.1, 0.15) is 6.04 Å². The molecule has 0 radical (unpaired) electrons. The average molecular weight is 352 g/mol. The Bertz CT molecular complexity index is 728. The number of benzene rings is 1. The maximum atomic E-state index is 13.0. The molecule has 0 spiro atoms. The van der Waals surface area contributed by atoms with Crippen LogP contribution in [-0.4, -0.2) is 46.9 Å². The Morgan fingerprint density at radius 1 is 1.15 bits per heavy atom. The molecular formula is C20H24N4O2. The van der Waals surface area contributed by atoms with Crippen LogP contribution < -0.4 is 11.1 Å². The molecule has 2 aromatic rings. The van der Waals surface area contributed by atoms with Crippen LogP contribution in [0, 0.1) is 0 Å². The molecule has 1 aromatic carbocycles. The molecule has 0 aliphatic carbocycles. The SMILES string of the molecule is NC1CCN(C(=O)C(Cc2cccnc2)NC(=O)c2ccccc2)CC1. The number of nitrogens with two attached hydrogens (primary N) is 1. The van der Waals surface area contributed by atoms with Crippen LogP contribution in [0.25, 0.3) is 0 Å². The van der Waals surface area contributed by atoms with E-state index in [0.29, 0.717) is 25.1 Å². The summed E-state index contributed by atoms with van der Waals surface area (Å²) < 4.78 is 0. The number of amides is 2. The third-order valence-electron chi connectivity index (χ3n) is 4.65. The maximum Gasteiger partial charge on any atom is 0.251 e. The highest BCUT2D eigenvalue weighted by Crippen LogP contribution is 2.13. The molecule has 1 saturated heterocycles. The summed E-state index contributed by atoms with van der Waals surface area (Å²) in [6.07, 6.45) is 5.40. The van der Waals surface area contributed by atoms with Crippen LogP contribution in [0.2, 0.25) is 0 Å². The van der Waals surface area contributed by atoms with Crippen molar-refractivity contribution in [2.24, 2.45) is 5.73 Å². The van der Waals surface area contributed by atoms with Crippen molar-refractivity contribution in [2.75, 3.05) is 13.1 Å². The van der Waals surface area contributed by atoms with Gasteiger partial charge in [0.2, 0.25) is 5.91 Å². The van der Waals surface area contributed by atoms with Crippen molar-refractivity contribution in [3.05, 3.63) is 66.0 Å². The second kappa shape index (κ2) is 8.58. The Morgan fingerprint density at radius 2 is 1.88 bits per heavy atom. The molecule has 136 valence electrons. The highest BCUT2D eigenvalue weighted by atomic mass is 16.2. The van der Waals surface area contributed by atoms with Crippen LogP contribution >= 0.6 is 0 Å². The first-order valence-corrected chi connectivity index (χ1v) is 8.92. The first-order chi connectivity index (χ1) is 12.6. The number of pyridine rings is 1. The zero-order chi connectivity index (χ0) is 18.4. The van der Waals surface area contributed by atoms with Gasteiger partial charge in [0.25, 0.3) is 5.91 Å². The Hall–Kier alpha value is -2.73. The molecule has 2 amide bonds. The van der Waals surface area contributed by atoms with Crippen molar-refractivity contribution in [3.8, 4) is 0 Å². The zero-order valence-corrected chi connectivity index (χ0v) is 14.7. The fourth-order valence-electron chi connectivity index (χ4n) is 3.13. The summed E-state index contributed by atoms with van der Waals surface area (Å²) in [6.45, 7) is 1.26. The van der Waals surface area contributed by atoms with Crippen LogP contribution in [0.1, 0.15) is 28.8 Å². The minimum atomic E-state index is -0.624. The normalized spacial score (nSPS) is 16.1. The van der Waals surface area contributed by atoms with Crippen molar-refractivity contribution < 1.29 is 9.59 Å². The molecule has 6 heteroatoms. The Morgan fingerprint density at radius 3 is 2.54 bits per heavy atom. The van der Waals surface area contributed by atoms with Gasteiger partial charge < -0.3 is 16.0 Å². The van der Waals surface area contributed by atoms with Gasteiger partial charge in [-0.2, -0.15) is 0 Å². The number of carbonyl (C=O) groups excluding carboxylic acids is 2. The van der Waals surface area contributed by atoms with Crippen LogP contribution in [0.5, 0.6) is 0 Å². The van der Waals surface area contributed by atoms with E-state index >= 15 is 0 Å². The molecule has 6 nitrogen and oxygen atoms in total. The van der Waals surface area contributed by atoms with E-state index in [4.69, 9.17) is 5.73 Å². The predicted molar refractivity (Wildman–Crippen MR) is 99.4 cm³/mol. The quantitative estimate of drug-likeness (QED) is 0.851. The zero-order valence-electron chi connectivity index (χ0n) is 14.7. The Labute approximate surface area is 153 Å². The molecule has 3 N–H and O–H groups in total. The second-order valence-corrected chi connectivity index (χ2v) is 6.62. The molecule has 3 rings (SSSR count). The Kier molecular flexibility index (Phi) is 5.96. The number of likely N-dealkylation sites (tertiary alicyclic amines) is 1. The first kappa shape index (κ1) is 18.1. The minimum Gasteiger partial charge on any atom is -0.341 e. The highest BCUT2D eigenvalue weighted by Gasteiger charge is 2.29. The number of nitrogens with zero attached hydrogens (tertiary/aromatic N) is 2. The third kappa shape index (κ3) is 4.67. The molecule has 26 heavy (non-hydrogen) atoms. The Balaban J connectivity index is 1.75. The second-order valence-electron chi connectivity index (χ2n) is 6.62. The molecule has 0 bridgehead atoms. The fraction of sp³-hybridized carbons (Fsp3) is 0.350. The van der Waals surface area contributed by atoms with E-state index in [1.165, 1.54) is 0 Å². The van der Waals surface area contributed by atoms with E-state index in [9.17, 15) is 9.59 Å². The number of carbonyl (C=O) groups is 2. The van der Waals surface area contributed by atoms with Gasteiger partial charge in [0.05, 0.1) is 0 Å². The summed E-state index contributed by atoms with van der Waals surface area (Å²) in [4.78, 5) is 31.5. The lowest BCUT2D eigenvalue weighted by atomic mass is 10.0. The molecule has 2 heterocycles. The van der Waals surface area contributed by atoms with Gasteiger partial charge in [-0.15, -0.1) is 0 Å². The van der Waals surface area contributed by atoms with Crippen LogP contribution in [0.3, 0.4) is 0 Å². The number of piperidine rings is 1. The van der Waals surface area contributed by atoms with E-state index in [-0.39, 0.29) is 17.9 Å². The molecule has 0 saturated carbocycles. The first-order valence-electron chi connectivity index (χ1n) is 8.92. The number of hydrogen-bond donors (Lipinski definition) is 2. The summed E-state index contributed by atoms with van der Waals surface area (Å²) in [5.41, 5.74) is 7.39. The molecule has 1 fully saturated rings. The van der Waals surface area contributed by atoms with Gasteiger partial charge in [-0.3, -0.25) is 14.6 Å². The van der Waals surface area contributed by atoms with Crippen LogP contribution in [0.15, 0.2) is 54.9 Å². The number of nitrogens with one attached hydrogen (secondary N) is 1. The molecule has 1 aliphatic heterocycles. The summed E-state index contributed by atoms with van der Waals surface area (Å²) >= 11 is 0. The molecule has 1 unspecified atom stereocenters. The molecule has 1 atom stereocenters. The minimum absolute atomic E-state index is 0.0648. The van der Waals surface area contributed by atoms with Crippen molar-refractivity contribution in [2.45, 2.75) is 31.3 Å². The lowest BCUT2D eigenvalue weighted by Gasteiger charge is -2.33. The van der Waals surface area contributed by atoms with E-state index in [1.54, 1.807) is 41.6 Å². The third-order valence-corrected chi connectivity index (χ3v) is 4.65. The summed E-state index contributed by atoms with van der Waals surface area (Å²) in [7, 11) is 0. The summed E-state index contributed by atoms with van der Waals surface area (Å²) in [5, 5.41) is 2.90. The maximum absolute atomic E-state index is 13.0. The van der Waals surface area contributed by atoms with Crippen molar-refractivity contribution >= 4 is 11.8 Å². The van der Waals surface area contributed by atoms with Crippen LogP contribution in [0.4, 0.5) is 0 Å². The highest BCUT2D eigenvalue weighted by molar-refractivity contribution is 5.97. The monoisotopic (exact) mass is 352 g/mol. The number of aromatic nitrogens is 1. The van der Waals surface area contributed by atoms with E-state index in [0.717, 1.165) is 18.4 Å². The predicted octanol–water partition coefficient (Wildman–Crippen LogP) is 1.37. The van der Waals surface area contributed by atoms with E-state index < -0.39 is 6.04 Å². The van der Waals surface area contributed by atoms with Gasteiger partial charge in [0, 0.05) is 43.5 Å². The molecule has 1 aliphatic rings. The van der Waals surface area contributed by atoms with Gasteiger partial charge in [-0.05, 0) is 36.6 Å². The lowest BCUT2D eigenvalue weighted by molar-refractivity contribution is -0.134. The van der Waals surface area contributed by atoms with Gasteiger partial charge in [0.15, 0.2) is 0 Å². The van der Waals surface area contributed by atoms with Crippen molar-refractivity contribution in [1.82, 2.24) is 15.2 Å². The molecular weight excluding hydrogens is 328 g/mol. The topological polar surface area (TPSA) is 88.3 Å².